The number of nitrogens with two attached hydrogens (primary N) is 1. The van der Waals surface area contributed by atoms with Crippen molar-refractivity contribution in [1.29, 1.82) is 0 Å². The zero-order valence-corrected chi connectivity index (χ0v) is 10.2. The van der Waals surface area contributed by atoms with Gasteiger partial charge in [-0.1, -0.05) is 17.3 Å². The average Bonchev–Trinajstić information content (AvgIpc) is 2.97. The van der Waals surface area contributed by atoms with Crippen LogP contribution in [0.4, 0.5) is 10.2 Å². The van der Waals surface area contributed by atoms with Crippen LogP contribution in [0.25, 0.3) is 22.6 Å². The van der Waals surface area contributed by atoms with Gasteiger partial charge in [0.1, 0.15) is 11.6 Å². The van der Waals surface area contributed by atoms with Gasteiger partial charge in [-0.05, 0) is 36.8 Å². The minimum absolute atomic E-state index is 0.246. The first kappa shape index (κ1) is 11.5. The quantitative estimate of drug-likeness (QED) is 0.762. The van der Waals surface area contributed by atoms with Gasteiger partial charge in [-0.25, -0.2) is 4.39 Å². The summed E-state index contributed by atoms with van der Waals surface area (Å²) in [5.41, 5.74) is 7.15. The van der Waals surface area contributed by atoms with E-state index in [4.69, 9.17) is 14.7 Å². The molecule has 19 heavy (non-hydrogen) atoms. The van der Waals surface area contributed by atoms with Gasteiger partial charge < -0.3 is 14.7 Å². The monoisotopic (exact) mass is 258 g/mol. The topological polar surface area (TPSA) is 65.2 Å². The molecule has 0 aliphatic heterocycles. The van der Waals surface area contributed by atoms with E-state index in [1.165, 1.54) is 12.1 Å². The zero-order valence-electron chi connectivity index (χ0n) is 10.2. The summed E-state index contributed by atoms with van der Waals surface area (Å²) < 4.78 is 23.7. The number of anilines is 1. The second-order valence-corrected chi connectivity index (χ2v) is 4.19. The molecule has 0 aliphatic carbocycles. The van der Waals surface area contributed by atoms with Gasteiger partial charge in [0.15, 0.2) is 11.6 Å². The van der Waals surface area contributed by atoms with Gasteiger partial charge in [0, 0.05) is 0 Å². The first-order valence-corrected chi connectivity index (χ1v) is 5.73. The number of hydrogen-bond donors (Lipinski definition) is 1. The highest BCUT2D eigenvalue weighted by molar-refractivity contribution is 5.84. The Bertz CT molecular complexity index is 713. The summed E-state index contributed by atoms with van der Waals surface area (Å²) in [4.78, 5) is 0. The molecule has 2 aromatic heterocycles. The first-order chi connectivity index (χ1) is 9.15. The fraction of sp³-hybridized carbons (Fsp3) is 0.0714. The smallest absolute Gasteiger partial charge is 0.212 e. The van der Waals surface area contributed by atoms with Gasteiger partial charge in [0.25, 0.3) is 0 Å². The Morgan fingerprint density at radius 1 is 1.11 bits per heavy atom. The predicted octanol–water partition coefficient (Wildman–Crippen LogP) is 3.63. The van der Waals surface area contributed by atoms with E-state index in [0.29, 0.717) is 17.1 Å². The highest BCUT2D eigenvalue weighted by Gasteiger charge is 2.20. The third-order valence-electron chi connectivity index (χ3n) is 2.82. The number of furan rings is 1. The maximum atomic E-state index is 13.0. The Hall–Kier alpha value is -2.56. The minimum atomic E-state index is -0.311. The van der Waals surface area contributed by atoms with E-state index in [1.807, 2.05) is 13.0 Å². The van der Waals surface area contributed by atoms with Crippen molar-refractivity contribution < 1.29 is 13.3 Å². The van der Waals surface area contributed by atoms with Crippen LogP contribution in [0, 0.1) is 12.7 Å². The summed E-state index contributed by atoms with van der Waals surface area (Å²) in [5, 5.41) is 3.75. The third-order valence-corrected chi connectivity index (χ3v) is 2.82. The van der Waals surface area contributed by atoms with Crippen molar-refractivity contribution in [3.05, 3.63) is 48.0 Å². The van der Waals surface area contributed by atoms with E-state index in [-0.39, 0.29) is 11.6 Å². The molecule has 4 nitrogen and oxygen atoms in total. The van der Waals surface area contributed by atoms with Gasteiger partial charge >= 0.3 is 0 Å². The summed E-state index contributed by atoms with van der Waals surface area (Å²) in [5.74, 6) is 1.68. The highest BCUT2D eigenvalue weighted by Crippen LogP contribution is 2.37. The molecule has 2 N–H and O–H groups in total. The summed E-state index contributed by atoms with van der Waals surface area (Å²) in [6.45, 7) is 1.83. The number of nitrogens with zero attached hydrogens (tertiary/aromatic N) is 1. The Labute approximate surface area is 108 Å². The molecule has 0 unspecified atom stereocenters. The normalized spacial score (nSPS) is 10.8. The SMILES string of the molecule is Cc1ccc(-c2onc(N)c2-c2ccc(F)cc2)o1. The predicted molar refractivity (Wildman–Crippen MR) is 68.7 cm³/mol. The maximum Gasteiger partial charge on any atom is 0.212 e. The highest BCUT2D eigenvalue weighted by atomic mass is 19.1. The molecule has 96 valence electrons. The van der Waals surface area contributed by atoms with E-state index in [1.54, 1.807) is 18.2 Å². The lowest BCUT2D eigenvalue weighted by Gasteiger charge is -2.00. The number of nitrogen functional groups attached to an aromatic ring is 1. The molecule has 2 heterocycles. The van der Waals surface area contributed by atoms with E-state index < -0.39 is 0 Å². The molecule has 5 heteroatoms. The molecular weight excluding hydrogens is 247 g/mol. The van der Waals surface area contributed by atoms with Crippen LogP contribution in [0.15, 0.2) is 45.3 Å². The van der Waals surface area contributed by atoms with Crippen LogP contribution in [-0.2, 0) is 0 Å². The molecule has 0 fully saturated rings. The number of rotatable bonds is 2. The van der Waals surface area contributed by atoms with Crippen LogP contribution in [0.1, 0.15) is 5.76 Å². The standard InChI is InChI=1S/C14H11FN2O2/c1-8-2-7-11(18-8)13-12(14(16)17-19-13)9-3-5-10(15)6-4-9/h2-7H,1H3,(H2,16,17). The van der Waals surface area contributed by atoms with Crippen molar-refractivity contribution in [2.45, 2.75) is 6.92 Å². The number of aryl methyl sites for hydroxylation is 1. The molecule has 0 amide bonds. The van der Waals surface area contributed by atoms with Gasteiger partial charge in [-0.2, -0.15) is 0 Å². The van der Waals surface area contributed by atoms with Crippen molar-refractivity contribution in [2.24, 2.45) is 0 Å². The summed E-state index contributed by atoms with van der Waals surface area (Å²) in [7, 11) is 0. The molecule has 3 rings (SSSR count). The summed E-state index contributed by atoms with van der Waals surface area (Å²) >= 11 is 0. The molecule has 0 spiro atoms. The fourth-order valence-corrected chi connectivity index (χ4v) is 1.92. The second-order valence-electron chi connectivity index (χ2n) is 4.19. The van der Waals surface area contributed by atoms with Crippen molar-refractivity contribution >= 4 is 5.82 Å². The Kier molecular flexibility index (Phi) is 2.59. The zero-order chi connectivity index (χ0) is 13.4. The van der Waals surface area contributed by atoms with E-state index in [2.05, 4.69) is 5.16 Å². The van der Waals surface area contributed by atoms with E-state index in [9.17, 15) is 4.39 Å². The molecule has 0 aliphatic rings. The Morgan fingerprint density at radius 3 is 2.47 bits per heavy atom. The van der Waals surface area contributed by atoms with Gasteiger partial charge in [-0.15, -0.1) is 0 Å². The molecular formula is C14H11FN2O2. The minimum Gasteiger partial charge on any atom is -0.458 e. The Balaban J connectivity index is 2.16. The molecule has 0 radical (unpaired) electrons. The molecule has 0 saturated heterocycles. The summed E-state index contributed by atoms with van der Waals surface area (Å²) in [6, 6.07) is 9.57. The summed E-state index contributed by atoms with van der Waals surface area (Å²) in [6.07, 6.45) is 0. The number of halogens is 1. The van der Waals surface area contributed by atoms with Crippen molar-refractivity contribution in [2.75, 3.05) is 5.73 Å². The average molecular weight is 258 g/mol. The van der Waals surface area contributed by atoms with Gasteiger partial charge in [0.2, 0.25) is 5.76 Å². The number of benzene rings is 1. The van der Waals surface area contributed by atoms with Gasteiger partial charge in [0.05, 0.1) is 5.56 Å². The van der Waals surface area contributed by atoms with E-state index >= 15 is 0 Å². The molecule has 1 aromatic carbocycles. The van der Waals surface area contributed by atoms with Gasteiger partial charge in [-0.3, -0.25) is 0 Å². The first-order valence-electron chi connectivity index (χ1n) is 5.73. The Morgan fingerprint density at radius 2 is 1.84 bits per heavy atom. The molecule has 3 aromatic rings. The number of aromatic nitrogens is 1. The van der Waals surface area contributed by atoms with Crippen LogP contribution < -0.4 is 5.73 Å². The second kappa shape index (κ2) is 4.28. The van der Waals surface area contributed by atoms with Crippen LogP contribution in [0.2, 0.25) is 0 Å². The lowest BCUT2D eigenvalue weighted by atomic mass is 10.0. The third kappa shape index (κ3) is 1.99. The van der Waals surface area contributed by atoms with Crippen molar-refractivity contribution in [3.63, 3.8) is 0 Å². The van der Waals surface area contributed by atoms with E-state index in [0.717, 1.165) is 11.3 Å². The molecule has 0 atom stereocenters. The fourth-order valence-electron chi connectivity index (χ4n) is 1.92. The molecule has 0 saturated carbocycles. The van der Waals surface area contributed by atoms with Crippen LogP contribution in [-0.4, -0.2) is 5.16 Å². The van der Waals surface area contributed by atoms with Crippen LogP contribution >= 0.6 is 0 Å². The molecule has 0 bridgehead atoms. The number of hydrogen-bond acceptors (Lipinski definition) is 4. The van der Waals surface area contributed by atoms with Crippen LogP contribution in [0.5, 0.6) is 0 Å². The van der Waals surface area contributed by atoms with Crippen LogP contribution in [0.3, 0.4) is 0 Å². The lowest BCUT2D eigenvalue weighted by molar-refractivity contribution is 0.418. The lowest BCUT2D eigenvalue weighted by Crippen LogP contribution is -1.88. The van der Waals surface area contributed by atoms with Crippen molar-refractivity contribution in [1.82, 2.24) is 5.16 Å². The van der Waals surface area contributed by atoms with Crippen molar-refractivity contribution in [3.8, 4) is 22.6 Å². The maximum absolute atomic E-state index is 13.0. The largest absolute Gasteiger partial charge is 0.458 e.